The van der Waals surface area contributed by atoms with Crippen LogP contribution in [-0.2, 0) is 11.2 Å². The number of carbonyl (C=O) groups excluding carboxylic acids is 3. The summed E-state index contributed by atoms with van der Waals surface area (Å²) in [4.78, 5) is 40.3. The van der Waals surface area contributed by atoms with E-state index in [2.05, 4.69) is 10.6 Å². The number of nitrogens with zero attached hydrogens (tertiary/aromatic N) is 1. The molecule has 0 aliphatic heterocycles. The van der Waals surface area contributed by atoms with Gasteiger partial charge in [-0.25, -0.2) is 8.78 Å². The maximum absolute atomic E-state index is 14.1. The molecule has 3 atom stereocenters. The Kier molecular flexibility index (Phi) is 12.6. The number of halogens is 2. The van der Waals surface area contributed by atoms with Crippen molar-refractivity contribution < 1.29 is 33.4 Å². The molecular formula is C29H40F2N4O5. The summed E-state index contributed by atoms with van der Waals surface area (Å²) in [6, 6.07) is 5.01. The van der Waals surface area contributed by atoms with Crippen molar-refractivity contribution in [2.45, 2.75) is 58.1 Å². The fourth-order valence-electron chi connectivity index (χ4n) is 4.84. The number of aliphatic hydroxyl groups is 2. The molecule has 0 bridgehead atoms. The monoisotopic (exact) mass is 562 g/mol. The summed E-state index contributed by atoms with van der Waals surface area (Å²) >= 11 is 0. The number of carbonyl (C=O) groups is 3. The third-order valence-corrected chi connectivity index (χ3v) is 6.63. The summed E-state index contributed by atoms with van der Waals surface area (Å²) in [6.07, 6.45) is -0.151. The van der Waals surface area contributed by atoms with Crippen LogP contribution in [0.5, 0.6) is 0 Å². The van der Waals surface area contributed by atoms with E-state index in [1.807, 2.05) is 13.8 Å². The SMILES string of the molecule is CCCN(CCC)C(=O)c1cc(C)cc(C(N)=O)c1[C@H](Cc1cc(F)cc(F)c1)[C@@H](O)CN[C@H](CO)C(=O)NC. The molecule has 0 spiro atoms. The van der Waals surface area contributed by atoms with E-state index in [9.17, 15) is 33.4 Å². The van der Waals surface area contributed by atoms with Crippen molar-refractivity contribution >= 4 is 17.7 Å². The van der Waals surface area contributed by atoms with Crippen LogP contribution in [0.4, 0.5) is 8.78 Å². The Labute approximate surface area is 233 Å². The lowest BCUT2D eigenvalue weighted by molar-refractivity contribution is -0.123. The smallest absolute Gasteiger partial charge is 0.254 e. The number of nitrogens with one attached hydrogen (secondary N) is 2. The van der Waals surface area contributed by atoms with Gasteiger partial charge in [-0.1, -0.05) is 13.8 Å². The van der Waals surface area contributed by atoms with Gasteiger partial charge in [-0.2, -0.15) is 0 Å². The zero-order valence-electron chi connectivity index (χ0n) is 23.5. The molecule has 0 heterocycles. The average Bonchev–Trinajstić information content (AvgIpc) is 2.90. The third kappa shape index (κ3) is 8.54. The van der Waals surface area contributed by atoms with Crippen molar-refractivity contribution in [3.05, 3.63) is 69.8 Å². The van der Waals surface area contributed by atoms with E-state index in [1.165, 1.54) is 13.1 Å². The number of amides is 3. The van der Waals surface area contributed by atoms with Crippen LogP contribution in [0.25, 0.3) is 0 Å². The number of hydrogen-bond donors (Lipinski definition) is 5. The molecule has 9 nitrogen and oxygen atoms in total. The standard InChI is InChI=1S/C29H40F2N4O5/c1-5-7-35(8-6-2)29(40)23-10-17(3)9-22(27(32)38)26(23)21(13-18-11-19(30)14-20(31)12-18)25(37)15-34-24(16-36)28(39)33-4/h9-12,14,21,24-25,34,36-37H,5-8,13,15-16H2,1-4H3,(H2,32,38)(H,33,39)/t21-,24-,25+/m1/s1. The van der Waals surface area contributed by atoms with Gasteiger partial charge in [-0.15, -0.1) is 0 Å². The molecule has 3 amide bonds. The molecule has 6 N–H and O–H groups in total. The van der Waals surface area contributed by atoms with Crippen molar-refractivity contribution in [3.63, 3.8) is 0 Å². The van der Waals surface area contributed by atoms with Crippen LogP contribution >= 0.6 is 0 Å². The first-order valence-electron chi connectivity index (χ1n) is 13.4. The molecule has 0 unspecified atom stereocenters. The largest absolute Gasteiger partial charge is 0.394 e. The molecule has 40 heavy (non-hydrogen) atoms. The van der Waals surface area contributed by atoms with E-state index in [1.54, 1.807) is 17.9 Å². The minimum Gasteiger partial charge on any atom is -0.394 e. The van der Waals surface area contributed by atoms with Gasteiger partial charge < -0.3 is 31.5 Å². The Bertz CT molecular complexity index is 1170. The van der Waals surface area contributed by atoms with Gasteiger partial charge >= 0.3 is 0 Å². The van der Waals surface area contributed by atoms with E-state index in [0.29, 0.717) is 31.5 Å². The minimum absolute atomic E-state index is 0.00207. The summed E-state index contributed by atoms with van der Waals surface area (Å²) in [5.41, 5.74) is 6.84. The molecular weight excluding hydrogens is 522 g/mol. The van der Waals surface area contributed by atoms with Crippen LogP contribution in [0, 0.1) is 18.6 Å². The molecule has 11 heteroatoms. The zero-order chi connectivity index (χ0) is 30.0. The van der Waals surface area contributed by atoms with Gasteiger partial charge in [0.25, 0.3) is 5.91 Å². The molecule has 0 radical (unpaired) electrons. The van der Waals surface area contributed by atoms with Gasteiger partial charge in [0.2, 0.25) is 11.8 Å². The molecule has 0 aliphatic rings. The van der Waals surface area contributed by atoms with Crippen LogP contribution in [0.3, 0.4) is 0 Å². The van der Waals surface area contributed by atoms with Gasteiger partial charge in [-0.05, 0) is 67.1 Å². The Morgan fingerprint density at radius 1 is 1.00 bits per heavy atom. The lowest BCUT2D eigenvalue weighted by Crippen LogP contribution is -2.49. The van der Waals surface area contributed by atoms with Crippen molar-refractivity contribution in [3.8, 4) is 0 Å². The van der Waals surface area contributed by atoms with Crippen molar-refractivity contribution in [1.82, 2.24) is 15.5 Å². The van der Waals surface area contributed by atoms with Crippen molar-refractivity contribution in [1.29, 1.82) is 0 Å². The quantitative estimate of drug-likeness (QED) is 0.225. The normalized spacial score (nSPS) is 13.4. The van der Waals surface area contributed by atoms with E-state index < -0.39 is 48.1 Å². The summed E-state index contributed by atoms with van der Waals surface area (Å²) in [7, 11) is 1.39. The van der Waals surface area contributed by atoms with Crippen LogP contribution < -0.4 is 16.4 Å². The van der Waals surface area contributed by atoms with E-state index in [4.69, 9.17) is 5.73 Å². The molecule has 2 aromatic rings. The first-order valence-corrected chi connectivity index (χ1v) is 13.4. The maximum atomic E-state index is 14.1. The fraction of sp³-hybridized carbons (Fsp3) is 0.483. The van der Waals surface area contributed by atoms with E-state index in [0.717, 1.165) is 18.2 Å². The predicted octanol–water partition coefficient (Wildman–Crippen LogP) is 2.02. The highest BCUT2D eigenvalue weighted by Gasteiger charge is 2.33. The van der Waals surface area contributed by atoms with Gasteiger partial charge in [-0.3, -0.25) is 14.4 Å². The van der Waals surface area contributed by atoms with Gasteiger partial charge in [0.1, 0.15) is 17.7 Å². The molecule has 2 rings (SSSR count). The Balaban J connectivity index is 2.74. The third-order valence-electron chi connectivity index (χ3n) is 6.63. The number of primary amides is 1. The van der Waals surface area contributed by atoms with Gasteiger partial charge in [0, 0.05) is 49.8 Å². The summed E-state index contributed by atoms with van der Waals surface area (Å²) in [5, 5.41) is 26.3. The first-order chi connectivity index (χ1) is 19.0. The number of nitrogens with two attached hydrogens (primary N) is 1. The molecule has 0 aliphatic carbocycles. The number of rotatable bonds is 15. The average molecular weight is 563 g/mol. The minimum atomic E-state index is -1.37. The topological polar surface area (TPSA) is 145 Å². The molecule has 0 saturated heterocycles. The number of aryl methyl sites for hydroxylation is 1. The molecule has 0 aromatic heterocycles. The lowest BCUT2D eigenvalue weighted by Gasteiger charge is -2.30. The van der Waals surface area contributed by atoms with Crippen molar-refractivity contribution in [2.75, 3.05) is 33.3 Å². The molecule has 220 valence electrons. The lowest BCUT2D eigenvalue weighted by atomic mass is 9.80. The zero-order valence-corrected chi connectivity index (χ0v) is 23.5. The van der Waals surface area contributed by atoms with Crippen LogP contribution in [0.15, 0.2) is 30.3 Å². The van der Waals surface area contributed by atoms with E-state index in [-0.39, 0.29) is 41.1 Å². The summed E-state index contributed by atoms with van der Waals surface area (Å²) in [6.45, 7) is 5.68. The van der Waals surface area contributed by atoms with Crippen LogP contribution in [-0.4, -0.2) is 78.3 Å². The first kappa shape index (κ1) is 32.8. The highest BCUT2D eigenvalue weighted by molar-refractivity contribution is 6.02. The number of benzene rings is 2. The van der Waals surface area contributed by atoms with Crippen LogP contribution in [0.1, 0.15) is 70.0 Å². The highest BCUT2D eigenvalue weighted by Crippen LogP contribution is 2.33. The summed E-state index contributed by atoms with van der Waals surface area (Å²) < 4.78 is 28.3. The second kappa shape index (κ2) is 15.4. The predicted molar refractivity (Wildman–Crippen MR) is 148 cm³/mol. The van der Waals surface area contributed by atoms with Crippen molar-refractivity contribution in [2.24, 2.45) is 5.73 Å². The second-order valence-corrected chi connectivity index (χ2v) is 9.84. The van der Waals surface area contributed by atoms with E-state index >= 15 is 0 Å². The Hall–Kier alpha value is -3.41. The second-order valence-electron chi connectivity index (χ2n) is 9.84. The van der Waals surface area contributed by atoms with Gasteiger partial charge in [0.15, 0.2) is 0 Å². The molecule has 0 saturated carbocycles. The number of hydrogen-bond acceptors (Lipinski definition) is 6. The highest BCUT2D eigenvalue weighted by atomic mass is 19.1. The number of likely N-dealkylation sites (N-methyl/N-ethyl adjacent to an activating group) is 1. The number of aliphatic hydroxyl groups excluding tert-OH is 2. The maximum Gasteiger partial charge on any atom is 0.254 e. The molecule has 0 fully saturated rings. The Morgan fingerprint density at radius 2 is 1.57 bits per heavy atom. The summed E-state index contributed by atoms with van der Waals surface area (Å²) in [5.74, 6) is -4.41. The van der Waals surface area contributed by atoms with Crippen LogP contribution in [0.2, 0.25) is 0 Å². The Morgan fingerprint density at radius 3 is 2.08 bits per heavy atom. The fourth-order valence-corrected chi connectivity index (χ4v) is 4.84. The van der Waals surface area contributed by atoms with Gasteiger partial charge in [0.05, 0.1) is 12.7 Å². The molecule has 2 aromatic carbocycles.